The van der Waals surface area contributed by atoms with E-state index >= 15 is 0 Å². The number of nitrogens with zero attached hydrogens (tertiary/aromatic N) is 3. The quantitative estimate of drug-likeness (QED) is 0.826. The van der Waals surface area contributed by atoms with Gasteiger partial charge in [-0.15, -0.1) is 9.19 Å². The zero-order valence-corrected chi connectivity index (χ0v) is 10.3. The fourth-order valence-corrected chi connectivity index (χ4v) is 2.59. The van der Waals surface area contributed by atoms with Crippen molar-refractivity contribution in [2.24, 2.45) is 0 Å². The topological polar surface area (TPSA) is 64.8 Å². The van der Waals surface area contributed by atoms with Gasteiger partial charge >= 0.3 is 0 Å². The molecule has 0 unspecified atom stereocenters. The summed E-state index contributed by atoms with van der Waals surface area (Å²) >= 11 is 0. The molecule has 0 aliphatic carbocycles. The molecule has 0 atom stereocenters. The largest absolute Gasteiger partial charge is 0.255 e. The molecule has 90 valence electrons. The number of aromatic nitrogens is 3. The standard InChI is InChI=1S/C11H13N3O2S/c1-2-8-17(15,16)14-9-11(12-13-14)10-6-4-3-5-7-10/h3-7,9H,2,8H2,1H3. The summed E-state index contributed by atoms with van der Waals surface area (Å²) in [6.07, 6.45) is 2.00. The lowest BCUT2D eigenvalue weighted by Gasteiger charge is -1.99. The third kappa shape index (κ3) is 2.52. The predicted molar refractivity (Wildman–Crippen MR) is 64.9 cm³/mol. The Hall–Kier alpha value is -1.69. The summed E-state index contributed by atoms with van der Waals surface area (Å²) < 4.78 is 24.4. The maximum atomic E-state index is 11.7. The van der Waals surface area contributed by atoms with Crippen molar-refractivity contribution in [3.63, 3.8) is 0 Å². The maximum Gasteiger partial charge on any atom is 0.255 e. The number of hydrogen-bond acceptors (Lipinski definition) is 4. The minimum atomic E-state index is -3.35. The summed E-state index contributed by atoms with van der Waals surface area (Å²) in [6, 6.07) is 9.35. The molecule has 1 heterocycles. The molecule has 17 heavy (non-hydrogen) atoms. The van der Waals surface area contributed by atoms with Crippen molar-refractivity contribution in [3.05, 3.63) is 36.5 Å². The van der Waals surface area contributed by atoms with Crippen LogP contribution in [-0.4, -0.2) is 28.6 Å². The van der Waals surface area contributed by atoms with Crippen LogP contribution in [-0.2, 0) is 10.0 Å². The van der Waals surface area contributed by atoms with Crippen LogP contribution in [0.1, 0.15) is 13.3 Å². The molecule has 1 aromatic carbocycles. The number of hydrogen-bond donors (Lipinski definition) is 0. The second kappa shape index (κ2) is 4.67. The molecule has 0 spiro atoms. The van der Waals surface area contributed by atoms with Crippen LogP contribution in [0.15, 0.2) is 36.5 Å². The first-order chi connectivity index (χ1) is 8.13. The third-order valence-electron chi connectivity index (χ3n) is 2.29. The molecule has 0 fully saturated rings. The highest BCUT2D eigenvalue weighted by Crippen LogP contribution is 2.15. The Morgan fingerprint density at radius 2 is 1.94 bits per heavy atom. The molecule has 0 aliphatic heterocycles. The van der Waals surface area contributed by atoms with Crippen molar-refractivity contribution in [1.29, 1.82) is 0 Å². The monoisotopic (exact) mass is 251 g/mol. The fourth-order valence-electron chi connectivity index (χ4n) is 1.48. The molecule has 0 saturated heterocycles. The highest BCUT2D eigenvalue weighted by atomic mass is 32.2. The van der Waals surface area contributed by atoms with Gasteiger partial charge in [-0.1, -0.05) is 42.5 Å². The highest BCUT2D eigenvalue weighted by molar-refractivity contribution is 7.89. The molecule has 6 heteroatoms. The zero-order chi connectivity index (χ0) is 12.3. The van der Waals surface area contributed by atoms with E-state index in [1.165, 1.54) is 6.20 Å². The molecule has 0 amide bonds. The van der Waals surface area contributed by atoms with Gasteiger partial charge < -0.3 is 0 Å². The van der Waals surface area contributed by atoms with E-state index in [1.54, 1.807) is 0 Å². The van der Waals surface area contributed by atoms with Crippen LogP contribution in [0.4, 0.5) is 0 Å². The maximum absolute atomic E-state index is 11.7. The Kier molecular flexibility index (Phi) is 3.23. The van der Waals surface area contributed by atoms with Crippen LogP contribution in [0.25, 0.3) is 11.3 Å². The van der Waals surface area contributed by atoms with Gasteiger partial charge in [0.2, 0.25) is 0 Å². The SMILES string of the molecule is CCCS(=O)(=O)n1cc(-c2ccccc2)nn1. The van der Waals surface area contributed by atoms with E-state index in [9.17, 15) is 8.42 Å². The van der Waals surface area contributed by atoms with E-state index in [4.69, 9.17) is 0 Å². The average molecular weight is 251 g/mol. The molecular formula is C11H13N3O2S. The van der Waals surface area contributed by atoms with Gasteiger partial charge in [-0.25, -0.2) is 8.42 Å². The summed E-state index contributed by atoms with van der Waals surface area (Å²) in [6.45, 7) is 1.81. The van der Waals surface area contributed by atoms with Crippen LogP contribution >= 0.6 is 0 Å². The smallest absolute Gasteiger partial charge is 0.205 e. The second-order valence-corrected chi connectivity index (χ2v) is 5.60. The lowest BCUT2D eigenvalue weighted by molar-refractivity contribution is 0.576. The summed E-state index contributed by atoms with van der Waals surface area (Å²) in [5.41, 5.74) is 1.41. The van der Waals surface area contributed by atoms with Gasteiger partial charge in [0.05, 0.1) is 11.9 Å². The molecule has 0 bridgehead atoms. The van der Waals surface area contributed by atoms with Gasteiger partial charge in [-0.05, 0) is 6.42 Å². The third-order valence-corrected chi connectivity index (χ3v) is 3.96. The molecule has 2 aromatic rings. The minimum absolute atomic E-state index is 0.0740. The lowest BCUT2D eigenvalue weighted by atomic mass is 10.2. The Morgan fingerprint density at radius 1 is 1.24 bits per heavy atom. The van der Waals surface area contributed by atoms with E-state index in [2.05, 4.69) is 10.3 Å². The minimum Gasteiger partial charge on any atom is -0.205 e. The van der Waals surface area contributed by atoms with Crippen LogP contribution in [0.5, 0.6) is 0 Å². The Bertz CT molecular complexity index is 590. The van der Waals surface area contributed by atoms with Gasteiger partial charge in [-0.3, -0.25) is 0 Å². The molecule has 2 rings (SSSR count). The Balaban J connectivity index is 2.35. The van der Waals surface area contributed by atoms with Gasteiger partial charge in [0, 0.05) is 5.56 Å². The van der Waals surface area contributed by atoms with Crippen molar-refractivity contribution in [2.45, 2.75) is 13.3 Å². The zero-order valence-electron chi connectivity index (χ0n) is 9.44. The molecule has 0 N–H and O–H groups in total. The predicted octanol–water partition coefficient (Wildman–Crippen LogP) is 1.53. The first-order valence-electron chi connectivity index (χ1n) is 5.34. The molecule has 0 aliphatic rings. The molecule has 5 nitrogen and oxygen atoms in total. The van der Waals surface area contributed by atoms with Crippen LogP contribution < -0.4 is 0 Å². The van der Waals surface area contributed by atoms with Crippen molar-refractivity contribution < 1.29 is 8.42 Å². The summed E-state index contributed by atoms with van der Waals surface area (Å²) in [4.78, 5) is 0. The van der Waals surface area contributed by atoms with E-state index < -0.39 is 10.0 Å². The van der Waals surface area contributed by atoms with Gasteiger partial charge in [0.25, 0.3) is 10.0 Å². The van der Waals surface area contributed by atoms with Crippen molar-refractivity contribution in [3.8, 4) is 11.3 Å². The van der Waals surface area contributed by atoms with E-state index in [0.29, 0.717) is 12.1 Å². The lowest BCUT2D eigenvalue weighted by Crippen LogP contribution is -2.16. The number of benzene rings is 1. The molecule has 0 radical (unpaired) electrons. The highest BCUT2D eigenvalue weighted by Gasteiger charge is 2.14. The van der Waals surface area contributed by atoms with Crippen molar-refractivity contribution in [1.82, 2.24) is 14.4 Å². The van der Waals surface area contributed by atoms with Gasteiger partial charge in [0.1, 0.15) is 5.69 Å². The van der Waals surface area contributed by atoms with Gasteiger partial charge in [-0.2, -0.15) is 0 Å². The van der Waals surface area contributed by atoms with Crippen LogP contribution in [0.3, 0.4) is 0 Å². The summed E-state index contributed by atoms with van der Waals surface area (Å²) in [5, 5.41) is 7.53. The summed E-state index contributed by atoms with van der Waals surface area (Å²) in [5.74, 6) is 0.0740. The second-order valence-electron chi connectivity index (χ2n) is 3.66. The van der Waals surface area contributed by atoms with Crippen LogP contribution in [0, 0.1) is 0 Å². The molecule has 0 saturated carbocycles. The molecule has 1 aromatic heterocycles. The first kappa shape index (κ1) is 11.8. The number of rotatable bonds is 4. The molecular weight excluding hydrogens is 238 g/mol. The van der Waals surface area contributed by atoms with E-state index in [-0.39, 0.29) is 5.75 Å². The van der Waals surface area contributed by atoms with E-state index in [0.717, 1.165) is 9.65 Å². The normalized spacial score (nSPS) is 11.6. The van der Waals surface area contributed by atoms with Crippen LogP contribution in [0.2, 0.25) is 0 Å². The fraction of sp³-hybridized carbons (Fsp3) is 0.273. The van der Waals surface area contributed by atoms with E-state index in [1.807, 2.05) is 37.3 Å². The van der Waals surface area contributed by atoms with Crippen molar-refractivity contribution in [2.75, 3.05) is 5.75 Å². The summed E-state index contributed by atoms with van der Waals surface area (Å²) in [7, 11) is -3.35. The average Bonchev–Trinajstić information content (AvgIpc) is 2.80. The van der Waals surface area contributed by atoms with Gasteiger partial charge in [0.15, 0.2) is 0 Å². The van der Waals surface area contributed by atoms with Crippen molar-refractivity contribution >= 4 is 10.0 Å². The Labute approximate surface area is 100 Å². The first-order valence-corrected chi connectivity index (χ1v) is 6.95. The Morgan fingerprint density at radius 3 is 2.59 bits per heavy atom.